The molecule has 0 saturated heterocycles. The van der Waals surface area contributed by atoms with E-state index in [-0.39, 0.29) is 12.0 Å². The Hall–Kier alpha value is -2.06. The molecule has 8 heteroatoms. The molecular weight excluding hydrogens is 404 g/mol. The quantitative estimate of drug-likeness (QED) is 0.644. The molecule has 0 spiro atoms. The van der Waals surface area contributed by atoms with Crippen molar-refractivity contribution in [3.05, 3.63) is 35.4 Å². The van der Waals surface area contributed by atoms with E-state index in [1.54, 1.807) is 7.11 Å². The molecule has 3 aliphatic rings. The molecule has 2 saturated carbocycles. The smallest absolute Gasteiger partial charge is 0.261 e. The number of hydrogen-bond acceptors (Lipinski definition) is 5. The van der Waals surface area contributed by atoms with Gasteiger partial charge in [-0.1, -0.05) is 12.1 Å². The van der Waals surface area contributed by atoms with Crippen LogP contribution in [-0.4, -0.2) is 33.8 Å². The lowest BCUT2D eigenvalue weighted by atomic mass is 9.94. The van der Waals surface area contributed by atoms with Gasteiger partial charge >= 0.3 is 0 Å². The van der Waals surface area contributed by atoms with Crippen molar-refractivity contribution in [2.75, 3.05) is 13.4 Å². The maximum atomic E-state index is 12.2. The van der Waals surface area contributed by atoms with Crippen LogP contribution in [0, 0.1) is 11.8 Å². The van der Waals surface area contributed by atoms with Crippen LogP contribution in [0.5, 0.6) is 11.5 Å². The van der Waals surface area contributed by atoms with Crippen molar-refractivity contribution in [3.8, 4) is 11.5 Å². The highest BCUT2D eigenvalue weighted by Gasteiger charge is 2.39. The predicted molar refractivity (Wildman–Crippen MR) is 114 cm³/mol. The molecule has 3 aliphatic carbocycles. The highest BCUT2D eigenvalue weighted by atomic mass is 32.2. The average Bonchev–Trinajstić information content (AvgIpc) is 3.42. The van der Waals surface area contributed by atoms with E-state index in [0.717, 1.165) is 43.4 Å². The van der Waals surface area contributed by atoms with E-state index in [0.29, 0.717) is 29.7 Å². The van der Waals surface area contributed by atoms with Gasteiger partial charge in [-0.2, -0.15) is 0 Å². The van der Waals surface area contributed by atoms with E-state index in [2.05, 4.69) is 22.4 Å². The molecule has 2 fully saturated rings. The minimum Gasteiger partial charge on any atom is -0.493 e. The minimum atomic E-state index is -3.46. The number of allylic oxidation sites excluding steroid dienone is 1. The molecule has 0 aliphatic heterocycles. The van der Waals surface area contributed by atoms with Crippen molar-refractivity contribution in [2.45, 2.75) is 57.0 Å². The molecule has 0 radical (unpaired) electrons. The first-order valence-corrected chi connectivity index (χ1v) is 12.5. The minimum absolute atomic E-state index is 0.279. The number of amides is 1. The Morgan fingerprint density at radius 3 is 2.57 bits per heavy atom. The Bertz CT molecular complexity index is 937. The number of benzene rings is 1. The molecule has 2 N–H and O–H groups in total. The molecule has 0 unspecified atom stereocenters. The van der Waals surface area contributed by atoms with E-state index < -0.39 is 10.0 Å². The van der Waals surface area contributed by atoms with E-state index in [1.807, 2.05) is 12.1 Å². The number of rotatable bonds is 7. The average molecular weight is 435 g/mol. The van der Waals surface area contributed by atoms with Crippen LogP contribution in [-0.2, 0) is 14.8 Å². The maximum absolute atomic E-state index is 12.2. The summed E-state index contributed by atoms with van der Waals surface area (Å²) >= 11 is 0. The zero-order valence-electron chi connectivity index (χ0n) is 17.5. The van der Waals surface area contributed by atoms with E-state index in [9.17, 15) is 13.2 Å². The van der Waals surface area contributed by atoms with Gasteiger partial charge in [-0.15, -0.1) is 4.83 Å². The van der Waals surface area contributed by atoms with Gasteiger partial charge < -0.3 is 9.47 Å². The summed E-state index contributed by atoms with van der Waals surface area (Å²) in [5.41, 5.74) is 4.20. The number of methoxy groups -OCH3 is 1. The summed E-state index contributed by atoms with van der Waals surface area (Å²) in [5, 5.41) is 0. The molecule has 0 aromatic heterocycles. The fourth-order valence-corrected chi connectivity index (χ4v) is 5.37. The summed E-state index contributed by atoms with van der Waals surface area (Å²) in [7, 11) is -1.79. The van der Waals surface area contributed by atoms with E-state index in [4.69, 9.17) is 9.47 Å². The normalized spacial score (nSPS) is 26.3. The fourth-order valence-electron chi connectivity index (χ4n) is 5.09. The third kappa shape index (κ3) is 4.81. The number of hydrazine groups is 1. The van der Waals surface area contributed by atoms with Gasteiger partial charge in [0.25, 0.3) is 5.91 Å². The Labute approximate surface area is 178 Å². The van der Waals surface area contributed by atoms with Crippen LogP contribution in [0.2, 0.25) is 0 Å². The number of ether oxygens (including phenoxy) is 2. The molecule has 164 valence electrons. The van der Waals surface area contributed by atoms with Crippen molar-refractivity contribution in [3.63, 3.8) is 0 Å². The van der Waals surface area contributed by atoms with Crippen LogP contribution < -0.4 is 19.7 Å². The van der Waals surface area contributed by atoms with Crippen molar-refractivity contribution in [1.29, 1.82) is 0 Å². The lowest BCUT2D eigenvalue weighted by molar-refractivity contribution is -0.118. The van der Waals surface area contributed by atoms with Gasteiger partial charge in [0.1, 0.15) is 0 Å². The molecule has 1 aromatic rings. The van der Waals surface area contributed by atoms with Crippen molar-refractivity contribution >= 4 is 15.9 Å². The lowest BCUT2D eigenvalue weighted by Crippen LogP contribution is -2.41. The summed E-state index contributed by atoms with van der Waals surface area (Å²) in [5.74, 6) is 2.43. The summed E-state index contributed by atoms with van der Waals surface area (Å²) in [4.78, 5) is 14.3. The van der Waals surface area contributed by atoms with Crippen LogP contribution in [0.1, 0.15) is 56.4 Å². The van der Waals surface area contributed by atoms with E-state index in [1.165, 1.54) is 18.4 Å². The molecule has 7 nitrogen and oxygen atoms in total. The molecular formula is C22H30N2O5S. The molecule has 1 aromatic carbocycles. The Kier molecular flexibility index (Phi) is 6.06. The van der Waals surface area contributed by atoms with Crippen LogP contribution in [0.25, 0.3) is 0 Å². The number of hydrogen-bond donors (Lipinski definition) is 2. The summed E-state index contributed by atoms with van der Waals surface area (Å²) in [6.07, 6.45) is 10.6. The van der Waals surface area contributed by atoms with Gasteiger partial charge in [-0.3, -0.25) is 10.2 Å². The standard InChI is InChI=1S/C22H30N2O5S/c1-28-20-8-7-14(13-21(20)29-19-5-3-4-6-19)15-9-16-11-18(12-17(16)10-15)22(25)23-24-30(2,26)27/h7-8,11,13,15-17,19,24H,3-6,9-10,12H2,1-2H3,(H,23,25)/t15-,16+,17-/m1/s1. The van der Waals surface area contributed by atoms with Crippen LogP contribution in [0.4, 0.5) is 0 Å². The number of carbonyl (C=O) groups is 1. The highest BCUT2D eigenvalue weighted by Crippen LogP contribution is 2.50. The third-order valence-electron chi connectivity index (χ3n) is 6.54. The number of carbonyl (C=O) groups excluding carboxylic acids is 1. The summed E-state index contributed by atoms with van der Waals surface area (Å²) < 4.78 is 34.1. The molecule has 0 heterocycles. The highest BCUT2D eigenvalue weighted by molar-refractivity contribution is 7.88. The first-order chi connectivity index (χ1) is 14.3. The predicted octanol–water partition coefficient (Wildman–Crippen LogP) is 3.04. The van der Waals surface area contributed by atoms with Gasteiger partial charge in [-0.25, -0.2) is 8.42 Å². The van der Waals surface area contributed by atoms with E-state index >= 15 is 0 Å². The molecule has 4 rings (SSSR count). The van der Waals surface area contributed by atoms with Gasteiger partial charge in [0.15, 0.2) is 11.5 Å². The maximum Gasteiger partial charge on any atom is 0.261 e. The van der Waals surface area contributed by atoms with Gasteiger partial charge in [0, 0.05) is 5.57 Å². The molecule has 30 heavy (non-hydrogen) atoms. The van der Waals surface area contributed by atoms with Crippen LogP contribution in [0.15, 0.2) is 29.8 Å². The monoisotopic (exact) mass is 434 g/mol. The van der Waals surface area contributed by atoms with Crippen LogP contribution in [0.3, 0.4) is 0 Å². The number of sulfonamides is 1. The Morgan fingerprint density at radius 1 is 1.13 bits per heavy atom. The number of fused-ring (bicyclic) bond motifs is 1. The van der Waals surface area contributed by atoms with Crippen molar-refractivity contribution < 1.29 is 22.7 Å². The third-order valence-corrected chi connectivity index (χ3v) is 7.02. The second-order valence-corrected chi connectivity index (χ2v) is 10.5. The largest absolute Gasteiger partial charge is 0.493 e. The van der Waals surface area contributed by atoms with Gasteiger partial charge in [0.05, 0.1) is 19.5 Å². The first-order valence-electron chi connectivity index (χ1n) is 10.6. The van der Waals surface area contributed by atoms with Crippen molar-refractivity contribution in [2.24, 2.45) is 11.8 Å². The molecule has 0 bridgehead atoms. The topological polar surface area (TPSA) is 93.7 Å². The zero-order valence-corrected chi connectivity index (χ0v) is 18.3. The second-order valence-electron chi connectivity index (χ2n) is 8.75. The Balaban J connectivity index is 1.41. The zero-order chi connectivity index (χ0) is 21.3. The van der Waals surface area contributed by atoms with Gasteiger partial charge in [-0.05, 0) is 80.4 Å². The van der Waals surface area contributed by atoms with Crippen LogP contribution >= 0.6 is 0 Å². The molecule has 1 amide bonds. The van der Waals surface area contributed by atoms with Crippen molar-refractivity contribution in [1.82, 2.24) is 10.3 Å². The fraction of sp³-hybridized carbons (Fsp3) is 0.591. The summed E-state index contributed by atoms with van der Waals surface area (Å²) in [6.45, 7) is 0. The SMILES string of the molecule is COc1ccc([C@H]2C[C@@H]3CC(C(=O)NNS(C)(=O)=O)=C[C@@H]3C2)cc1OC1CCCC1. The second kappa shape index (κ2) is 8.59. The summed E-state index contributed by atoms with van der Waals surface area (Å²) in [6, 6.07) is 6.26. The molecule has 3 atom stereocenters. The van der Waals surface area contributed by atoms with Gasteiger partial charge in [0.2, 0.25) is 10.0 Å². The number of nitrogens with one attached hydrogen (secondary N) is 2. The lowest BCUT2D eigenvalue weighted by Gasteiger charge is -2.19. The first kappa shape index (κ1) is 21.2. The Morgan fingerprint density at radius 2 is 1.90 bits per heavy atom.